The molecular weight excluding hydrogens is 460 g/mol. The molecule has 2 N–H and O–H groups in total. The van der Waals surface area contributed by atoms with E-state index < -0.39 is 12.4 Å². The Morgan fingerprint density at radius 1 is 0.968 bits per heavy atom. The molecule has 31 heavy (non-hydrogen) atoms. The highest BCUT2D eigenvalue weighted by Crippen LogP contribution is 2.43. The highest BCUT2D eigenvalue weighted by Gasteiger charge is 2.32. The molecule has 1 fully saturated rings. The van der Waals surface area contributed by atoms with Crippen molar-refractivity contribution in [2.24, 2.45) is 0 Å². The van der Waals surface area contributed by atoms with Crippen LogP contribution < -0.4 is 19.5 Å². The van der Waals surface area contributed by atoms with Crippen molar-refractivity contribution >= 4 is 24.8 Å². The molecule has 0 spiro atoms. The Kier molecular flexibility index (Phi) is 10.0. The number of methoxy groups -OCH3 is 2. The summed E-state index contributed by atoms with van der Waals surface area (Å²) in [4.78, 5) is 2.14. The standard InChI is InChI=1S/C20H23F3N2O4.2ClH/c1-27-15-11-16(26)18(17(12-15)28-2)19(25-9-7-24-8-10-25)13-3-5-14(6-4-13)29-20(21,22)23;;/h3-6,11-12,19,24,26H,7-10H2,1-2H3;2*1H/t19-;;/m0../s1. The number of rotatable bonds is 6. The number of phenols is 1. The highest BCUT2D eigenvalue weighted by molar-refractivity contribution is 5.85. The normalized spacial score (nSPS) is 15.3. The summed E-state index contributed by atoms with van der Waals surface area (Å²) in [5.41, 5.74) is 1.24. The van der Waals surface area contributed by atoms with Crippen LogP contribution in [-0.4, -0.2) is 56.8 Å². The summed E-state index contributed by atoms with van der Waals surface area (Å²) in [6.07, 6.45) is -4.75. The van der Waals surface area contributed by atoms with Crippen LogP contribution in [0.15, 0.2) is 36.4 Å². The van der Waals surface area contributed by atoms with E-state index in [1.165, 1.54) is 32.4 Å². The number of alkyl halides is 3. The van der Waals surface area contributed by atoms with Crippen molar-refractivity contribution in [1.82, 2.24) is 10.2 Å². The van der Waals surface area contributed by atoms with Gasteiger partial charge in [-0.1, -0.05) is 12.1 Å². The molecule has 1 saturated heterocycles. The van der Waals surface area contributed by atoms with Crippen molar-refractivity contribution in [2.45, 2.75) is 12.4 Å². The monoisotopic (exact) mass is 484 g/mol. The van der Waals surface area contributed by atoms with Gasteiger partial charge in [-0.15, -0.1) is 38.0 Å². The van der Waals surface area contributed by atoms with Gasteiger partial charge in [-0.05, 0) is 17.7 Å². The van der Waals surface area contributed by atoms with Crippen LogP contribution in [0.2, 0.25) is 0 Å². The molecule has 0 unspecified atom stereocenters. The summed E-state index contributed by atoms with van der Waals surface area (Å²) in [6, 6.07) is 8.42. The maximum absolute atomic E-state index is 12.5. The van der Waals surface area contributed by atoms with Gasteiger partial charge in [0, 0.05) is 38.3 Å². The van der Waals surface area contributed by atoms with Gasteiger partial charge in [0.05, 0.1) is 25.8 Å². The maximum Gasteiger partial charge on any atom is 0.573 e. The summed E-state index contributed by atoms with van der Waals surface area (Å²) < 4.78 is 52.1. The average Bonchev–Trinajstić information content (AvgIpc) is 2.70. The van der Waals surface area contributed by atoms with Gasteiger partial charge in [-0.2, -0.15) is 0 Å². The van der Waals surface area contributed by atoms with E-state index in [0.29, 0.717) is 35.7 Å². The lowest BCUT2D eigenvalue weighted by atomic mass is 9.94. The van der Waals surface area contributed by atoms with Crippen LogP contribution in [0.1, 0.15) is 17.2 Å². The summed E-state index contributed by atoms with van der Waals surface area (Å²) in [5.74, 6) is 0.559. The number of nitrogens with zero attached hydrogens (tertiary/aromatic N) is 1. The molecule has 1 aliphatic heterocycles. The third kappa shape index (κ3) is 6.70. The van der Waals surface area contributed by atoms with Crippen molar-refractivity contribution in [3.63, 3.8) is 0 Å². The number of piperazine rings is 1. The van der Waals surface area contributed by atoms with E-state index in [4.69, 9.17) is 9.47 Å². The fraction of sp³-hybridized carbons (Fsp3) is 0.400. The Morgan fingerprint density at radius 2 is 1.58 bits per heavy atom. The SMILES string of the molecule is COc1cc(O)c([C@H](c2ccc(OC(F)(F)F)cc2)N2CCNCC2)c(OC)c1.Cl.Cl. The first-order valence-corrected chi connectivity index (χ1v) is 9.07. The van der Waals surface area contributed by atoms with Gasteiger partial charge in [0.2, 0.25) is 0 Å². The number of nitrogens with one attached hydrogen (secondary N) is 1. The van der Waals surface area contributed by atoms with E-state index in [9.17, 15) is 18.3 Å². The van der Waals surface area contributed by atoms with Crippen LogP contribution >= 0.6 is 24.8 Å². The van der Waals surface area contributed by atoms with Crippen LogP contribution in [0, 0.1) is 0 Å². The van der Waals surface area contributed by atoms with E-state index >= 15 is 0 Å². The number of halogens is 5. The Balaban J connectivity index is 0.00000240. The first kappa shape index (κ1) is 27.0. The van der Waals surface area contributed by atoms with Gasteiger partial charge in [-0.3, -0.25) is 4.90 Å². The van der Waals surface area contributed by atoms with Crippen molar-refractivity contribution in [1.29, 1.82) is 0 Å². The molecule has 0 saturated carbocycles. The largest absolute Gasteiger partial charge is 0.573 e. The van der Waals surface area contributed by atoms with E-state index in [0.717, 1.165) is 13.1 Å². The number of hydrogen-bond acceptors (Lipinski definition) is 6. The average molecular weight is 485 g/mol. The fourth-order valence-electron chi connectivity index (χ4n) is 3.50. The molecule has 0 aliphatic carbocycles. The van der Waals surface area contributed by atoms with Crippen LogP contribution in [-0.2, 0) is 0 Å². The molecule has 2 aromatic carbocycles. The zero-order valence-electron chi connectivity index (χ0n) is 16.9. The highest BCUT2D eigenvalue weighted by atomic mass is 35.5. The van der Waals surface area contributed by atoms with Gasteiger partial charge in [0.1, 0.15) is 23.0 Å². The molecule has 1 heterocycles. The first-order valence-electron chi connectivity index (χ1n) is 9.07. The van der Waals surface area contributed by atoms with Gasteiger partial charge < -0.3 is 24.6 Å². The van der Waals surface area contributed by atoms with Crippen LogP contribution in [0.25, 0.3) is 0 Å². The minimum atomic E-state index is -4.75. The number of hydrogen-bond donors (Lipinski definition) is 2. The van der Waals surface area contributed by atoms with Gasteiger partial charge >= 0.3 is 6.36 Å². The predicted octanol–water partition coefficient (Wildman–Crippen LogP) is 4.15. The summed E-state index contributed by atoms with van der Waals surface area (Å²) in [7, 11) is 2.98. The Labute approximate surface area is 191 Å². The lowest BCUT2D eigenvalue weighted by Crippen LogP contribution is -2.45. The van der Waals surface area contributed by atoms with Crippen molar-refractivity contribution in [2.75, 3.05) is 40.4 Å². The first-order chi connectivity index (χ1) is 13.8. The van der Waals surface area contributed by atoms with E-state index in [-0.39, 0.29) is 36.3 Å². The second-order valence-electron chi connectivity index (χ2n) is 6.57. The molecule has 3 rings (SSSR count). The molecule has 0 aromatic heterocycles. The molecule has 11 heteroatoms. The Morgan fingerprint density at radius 3 is 2.10 bits per heavy atom. The smallest absolute Gasteiger partial charge is 0.507 e. The Bertz CT molecular complexity index is 832. The predicted molar refractivity (Wildman–Crippen MR) is 115 cm³/mol. The lowest BCUT2D eigenvalue weighted by molar-refractivity contribution is -0.274. The Hall–Kier alpha value is -2.07. The lowest BCUT2D eigenvalue weighted by Gasteiger charge is -2.36. The van der Waals surface area contributed by atoms with E-state index in [1.54, 1.807) is 18.2 Å². The summed E-state index contributed by atoms with van der Waals surface area (Å²) in [5, 5.41) is 14.0. The number of benzene rings is 2. The third-order valence-corrected chi connectivity index (χ3v) is 4.77. The zero-order chi connectivity index (χ0) is 21.0. The molecule has 6 nitrogen and oxygen atoms in total. The van der Waals surface area contributed by atoms with E-state index in [2.05, 4.69) is 15.0 Å². The van der Waals surface area contributed by atoms with Crippen LogP contribution in [0.4, 0.5) is 13.2 Å². The minimum Gasteiger partial charge on any atom is -0.507 e. The van der Waals surface area contributed by atoms with Gasteiger partial charge in [0.15, 0.2) is 0 Å². The minimum absolute atomic E-state index is 0. The quantitative estimate of drug-likeness (QED) is 0.642. The van der Waals surface area contributed by atoms with Crippen molar-refractivity contribution in [3.05, 3.63) is 47.5 Å². The van der Waals surface area contributed by atoms with Crippen LogP contribution in [0.3, 0.4) is 0 Å². The third-order valence-electron chi connectivity index (χ3n) is 4.77. The van der Waals surface area contributed by atoms with Crippen molar-refractivity contribution in [3.8, 4) is 23.0 Å². The fourth-order valence-corrected chi connectivity index (χ4v) is 3.50. The maximum atomic E-state index is 12.5. The van der Waals surface area contributed by atoms with Crippen LogP contribution in [0.5, 0.6) is 23.0 Å². The summed E-state index contributed by atoms with van der Waals surface area (Å²) in [6.45, 7) is 2.90. The molecule has 2 aromatic rings. The second-order valence-corrected chi connectivity index (χ2v) is 6.57. The van der Waals surface area contributed by atoms with Gasteiger partial charge in [-0.25, -0.2) is 0 Å². The van der Waals surface area contributed by atoms with Crippen molar-refractivity contribution < 1.29 is 32.5 Å². The molecule has 0 bridgehead atoms. The summed E-state index contributed by atoms with van der Waals surface area (Å²) >= 11 is 0. The topological polar surface area (TPSA) is 63.2 Å². The molecular formula is C20H25Cl2F3N2O4. The molecule has 0 radical (unpaired) electrons. The molecule has 174 valence electrons. The second kappa shape index (κ2) is 11.5. The number of phenolic OH excluding ortho intramolecular Hbond substituents is 1. The molecule has 1 atom stereocenters. The van der Waals surface area contributed by atoms with E-state index in [1.807, 2.05) is 0 Å². The zero-order valence-corrected chi connectivity index (χ0v) is 18.6. The number of aromatic hydroxyl groups is 1. The molecule has 0 amide bonds. The number of ether oxygens (including phenoxy) is 3. The molecule has 1 aliphatic rings. The van der Waals surface area contributed by atoms with Gasteiger partial charge in [0.25, 0.3) is 0 Å².